The second-order valence-corrected chi connectivity index (χ2v) is 6.58. The molecule has 0 bridgehead atoms. The van der Waals surface area contributed by atoms with Crippen molar-refractivity contribution in [2.75, 3.05) is 5.32 Å². The topological polar surface area (TPSA) is 46.9 Å². The van der Waals surface area contributed by atoms with E-state index in [1.807, 2.05) is 18.3 Å². The van der Waals surface area contributed by atoms with Crippen molar-refractivity contribution in [3.8, 4) is 0 Å². The van der Waals surface area contributed by atoms with E-state index >= 15 is 0 Å². The van der Waals surface area contributed by atoms with Crippen molar-refractivity contribution in [3.05, 3.63) is 47.6 Å². The molecule has 112 valence electrons. The van der Waals surface area contributed by atoms with Gasteiger partial charge in [0.15, 0.2) is 5.13 Å². The minimum absolute atomic E-state index is 0.0227. The van der Waals surface area contributed by atoms with Gasteiger partial charge in [-0.1, -0.05) is 18.2 Å². The normalized spacial score (nSPS) is 14.4. The highest BCUT2D eigenvalue weighted by molar-refractivity contribution is 7.13. The van der Waals surface area contributed by atoms with E-state index in [4.69, 9.17) is 0 Å². The van der Waals surface area contributed by atoms with Crippen molar-refractivity contribution in [2.24, 2.45) is 0 Å². The van der Waals surface area contributed by atoms with Gasteiger partial charge in [0.05, 0.1) is 5.69 Å². The fraction of sp³-hybridized carbons (Fsp3) is 0.294. The molecule has 0 unspecified atom stereocenters. The highest BCUT2D eigenvalue weighted by Crippen LogP contribution is 2.40. The maximum atomic E-state index is 12.1. The predicted octanol–water partition coefficient (Wildman–Crippen LogP) is 4.00. The van der Waals surface area contributed by atoms with Crippen molar-refractivity contribution < 1.29 is 4.79 Å². The number of aryl methyl sites for hydroxylation is 1. The number of hydrogen-bond acceptors (Lipinski definition) is 3. The zero-order valence-corrected chi connectivity index (χ0v) is 13.0. The molecule has 0 spiro atoms. The largest absolute Gasteiger partial charge is 0.347 e. The van der Waals surface area contributed by atoms with E-state index in [0.717, 1.165) is 10.8 Å². The highest BCUT2D eigenvalue weighted by atomic mass is 32.1. The van der Waals surface area contributed by atoms with Crippen molar-refractivity contribution in [2.45, 2.75) is 31.7 Å². The van der Waals surface area contributed by atoms with Crippen molar-refractivity contribution in [1.29, 1.82) is 0 Å². The lowest BCUT2D eigenvalue weighted by Gasteiger charge is -2.05. The third-order valence-corrected chi connectivity index (χ3v) is 4.80. The van der Waals surface area contributed by atoms with Gasteiger partial charge in [0.1, 0.15) is 0 Å². The Hall–Kier alpha value is -2.14. The maximum Gasteiger partial charge on any atom is 0.227 e. The molecule has 0 aliphatic heterocycles. The Balaban J connectivity index is 1.37. The number of benzene rings is 1. The molecule has 0 atom stereocenters. The van der Waals surface area contributed by atoms with Gasteiger partial charge >= 0.3 is 0 Å². The molecule has 1 fully saturated rings. The first kappa shape index (κ1) is 13.5. The summed E-state index contributed by atoms with van der Waals surface area (Å²) >= 11 is 1.52. The zero-order valence-electron chi connectivity index (χ0n) is 12.2. The first-order valence-electron chi connectivity index (χ1n) is 7.59. The van der Waals surface area contributed by atoms with Crippen LogP contribution in [0.3, 0.4) is 0 Å². The number of fused-ring (bicyclic) bond motifs is 1. The van der Waals surface area contributed by atoms with Crippen molar-refractivity contribution >= 4 is 33.3 Å². The van der Waals surface area contributed by atoms with Gasteiger partial charge in [0.25, 0.3) is 0 Å². The Kier molecular flexibility index (Phi) is 3.42. The minimum atomic E-state index is 0.0227. The summed E-state index contributed by atoms with van der Waals surface area (Å²) in [5, 5.41) is 6.90. The van der Waals surface area contributed by atoms with Crippen LogP contribution in [0.5, 0.6) is 0 Å². The minimum Gasteiger partial charge on any atom is -0.347 e. The van der Waals surface area contributed by atoms with Gasteiger partial charge < -0.3 is 9.88 Å². The van der Waals surface area contributed by atoms with Gasteiger partial charge in [-0.25, -0.2) is 4.98 Å². The van der Waals surface area contributed by atoms with Gasteiger partial charge in [-0.05, 0) is 30.4 Å². The Morgan fingerprint density at radius 1 is 1.32 bits per heavy atom. The molecule has 1 N–H and O–H groups in total. The third-order valence-electron chi connectivity index (χ3n) is 4.02. The summed E-state index contributed by atoms with van der Waals surface area (Å²) < 4.78 is 2.12. The lowest BCUT2D eigenvalue weighted by Crippen LogP contribution is -2.14. The second-order valence-electron chi connectivity index (χ2n) is 5.72. The van der Waals surface area contributed by atoms with Gasteiger partial charge in [0.2, 0.25) is 5.91 Å². The van der Waals surface area contributed by atoms with Crippen LogP contribution in [0.15, 0.2) is 41.9 Å². The highest BCUT2D eigenvalue weighted by Gasteiger charge is 2.26. The average Bonchev–Trinajstić information content (AvgIpc) is 3.14. The molecule has 1 aromatic carbocycles. The standard InChI is InChI=1S/C17H17N3OS/c21-16(19-17-18-14(11-22-17)12-5-6-12)8-10-20-9-7-13-3-1-2-4-15(13)20/h1-4,7,9,11-12H,5-6,8,10H2,(H,18,19,21). The number of aromatic nitrogens is 2. The van der Waals surface area contributed by atoms with Gasteiger partial charge in [0, 0.05) is 36.0 Å². The van der Waals surface area contributed by atoms with Gasteiger partial charge in [-0.3, -0.25) is 4.79 Å². The molecular formula is C17H17N3OS. The van der Waals surface area contributed by atoms with E-state index in [0.29, 0.717) is 18.9 Å². The number of anilines is 1. The number of carbonyl (C=O) groups is 1. The molecule has 3 aromatic rings. The number of para-hydroxylation sites is 1. The zero-order chi connectivity index (χ0) is 14.9. The molecule has 0 radical (unpaired) electrons. The lowest BCUT2D eigenvalue weighted by atomic mass is 10.2. The Labute approximate surface area is 132 Å². The summed E-state index contributed by atoms with van der Waals surface area (Å²) in [5.41, 5.74) is 2.30. The van der Waals surface area contributed by atoms with Crippen LogP contribution in [-0.2, 0) is 11.3 Å². The average molecular weight is 311 g/mol. The van der Waals surface area contributed by atoms with E-state index < -0.39 is 0 Å². The van der Waals surface area contributed by atoms with Crippen LogP contribution in [0.1, 0.15) is 30.9 Å². The van der Waals surface area contributed by atoms with E-state index in [9.17, 15) is 4.79 Å². The molecule has 5 heteroatoms. The maximum absolute atomic E-state index is 12.1. The van der Waals surface area contributed by atoms with Crippen LogP contribution in [0.4, 0.5) is 5.13 Å². The molecule has 2 aromatic heterocycles. The first-order chi connectivity index (χ1) is 10.8. The smallest absolute Gasteiger partial charge is 0.227 e. The molecule has 4 nitrogen and oxygen atoms in total. The number of nitrogens with zero attached hydrogens (tertiary/aromatic N) is 2. The summed E-state index contributed by atoms with van der Waals surface area (Å²) in [7, 11) is 0. The van der Waals surface area contributed by atoms with Crippen LogP contribution < -0.4 is 5.32 Å². The SMILES string of the molecule is O=C(CCn1ccc2ccccc21)Nc1nc(C2CC2)cs1. The number of rotatable bonds is 5. The summed E-state index contributed by atoms with van der Waals surface area (Å²) in [5.74, 6) is 0.655. The van der Waals surface area contributed by atoms with Crippen LogP contribution in [0.25, 0.3) is 10.9 Å². The lowest BCUT2D eigenvalue weighted by molar-refractivity contribution is -0.116. The first-order valence-corrected chi connectivity index (χ1v) is 8.47. The number of amides is 1. The summed E-state index contributed by atoms with van der Waals surface area (Å²) in [6.45, 7) is 0.681. The monoisotopic (exact) mass is 311 g/mol. The third kappa shape index (κ3) is 2.76. The van der Waals surface area contributed by atoms with Crippen molar-refractivity contribution in [1.82, 2.24) is 9.55 Å². The number of nitrogens with one attached hydrogen (secondary N) is 1. The van der Waals surface area contributed by atoms with E-state index in [1.165, 1.54) is 35.1 Å². The van der Waals surface area contributed by atoms with Crippen molar-refractivity contribution in [3.63, 3.8) is 0 Å². The molecule has 22 heavy (non-hydrogen) atoms. The summed E-state index contributed by atoms with van der Waals surface area (Å²) in [4.78, 5) is 16.6. The molecule has 2 heterocycles. The number of thiazole rings is 1. The van der Waals surface area contributed by atoms with Crippen LogP contribution >= 0.6 is 11.3 Å². The Morgan fingerprint density at radius 3 is 3.05 bits per heavy atom. The fourth-order valence-corrected chi connectivity index (χ4v) is 3.46. The van der Waals surface area contributed by atoms with E-state index in [2.05, 4.69) is 38.4 Å². The number of carbonyl (C=O) groups excluding carboxylic acids is 1. The van der Waals surface area contributed by atoms with Gasteiger partial charge in [-0.15, -0.1) is 11.3 Å². The second kappa shape index (κ2) is 5.57. The Bertz CT molecular complexity index is 816. The van der Waals surface area contributed by atoms with E-state index in [-0.39, 0.29) is 5.91 Å². The van der Waals surface area contributed by atoms with E-state index in [1.54, 1.807) is 0 Å². The molecule has 4 rings (SSSR count). The Morgan fingerprint density at radius 2 is 2.18 bits per heavy atom. The molecule has 1 aliphatic carbocycles. The van der Waals surface area contributed by atoms with Crippen LogP contribution in [0.2, 0.25) is 0 Å². The summed E-state index contributed by atoms with van der Waals surface area (Å²) in [6, 6.07) is 10.3. The molecule has 1 aliphatic rings. The molecular weight excluding hydrogens is 294 g/mol. The summed E-state index contributed by atoms with van der Waals surface area (Å²) in [6.07, 6.45) is 4.96. The van der Waals surface area contributed by atoms with Crippen LogP contribution in [0, 0.1) is 0 Å². The van der Waals surface area contributed by atoms with Crippen LogP contribution in [-0.4, -0.2) is 15.5 Å². The fourth-order valence-electron chi connectivity index (χ4n) is 2.65. The molecule has 0 saturated heterocycles. The molecule has 1 saturated carbocycles. The molecule has 1 amide bonds. The van der Waals surface area contributed by atoms with Gasteiger partial charge in [-0.2, -0.15) is 0 Å². The quantitative estimate of drug-likeness (QED) is 0.774. The predicted molar refractivity (Wildman–Crippen MR) is 89.3 cm³/mol. The number of hydrogen-bond donors (Lipinski definition) is 1.